The lowest BCUT2D eigenvalue weighted by Gasteiger charge is -2.33. The number of para-hydroxylation sites is 2. The fourth-order valence-corrected chi connectivity index (χ4v) is 3.08. The second-order valence-corrected chi connectivity index (χ2v) is 5.83. The molecule has 2 aromatic rings. The molecule has 2 aliphatic heterocycles. The molecule has 1 atom stereocenters. The van der Waals surface area contributed by atoms with Gasteiger partial charge < -0.3 is 19.5 Å². The summed E-state index contributed by atoms with van der Waals surface area (Å²) in [5, 5.41) is 9.62. The molecular formula is C18H17NO4. The SMILES string of the molecule is O=C([C@H]1COc2ccccc2O1)N1CCc2ccc(O)cc2C1. The van der Waals surface area contributed by atoms with Crippen LogP contribution < -0.4 is 9.47 Å². The van der Waals surface area contributed by atoms with Crippen molar-refractivity contribution in [3.8, 4) is 17.2 Å². The van der Waals surface area contributed by atoms with Gasteiger partial charge in [-0.05, 0) is 41.8 Å². The zero-order valence-corrected chi connectivity index (χ0v) is 12.6. The Morgan fingerprint density at radius 2 is 1.96 bits per heavy atom. The predicted octanol–water partition coefficient (Wildman–Crippen LogP) is 2.12. The molecule has 1 N–H and O–H groups in total. The number of nitrogens with zero attached hydrogens (tertiary/aromatic N) is 1. The van der Waals surface area contributed by atoms with E-state index in [1.54, 1.807) is 23.1 Å². The number of fused-ring (bicyclic) bond motifs is 2. The van der Waals surface area contributed by atoms with E-state index in [4.69, 9.17) is 9.47 Å². The van der Waals surface area contributed by atoms with Crippen molar-refractivity contribution < 1.29 is 19.4 Å². The molecule has 0 bridgehead atoms. The van der Waals surface area contributed by atoms with Crippen LogP contribution >= 0.6 is 0 Å². The van der Waals surface area contributed by atoms with Crippen molar-refractivity contribution in [3.63, 3.8) is 0 Å². The predicted molar refractivity (Wildman–Crippen MR) is 83.6 cm³/mol. The van der Waals surface area contributed by atoms with Gasteiger partial charge in [-0.2, -0.15) is 0 Å². The monoisotopic (exact) mass is 311 g/mol. The summed E-state index contributed by atoms with van der Waals surface area (Å²) in [6.07, 6.45) is 0.162. The molecule has 0 unspecified atom stereocenters. The first kappa shape index (κ1) is 13.9. The van der Waals surface area contributed by atoms with E-state index >= 15 is 0 Å². The molecule has 0 radical (unpaired) electrons. The van der Waals surface area contributed by atoms with Crippen molar-refractivity contribution >= 4 is 5.91 Å². The van der Waals surface area contributed by atoms with Crippen LogP contribution in [0.25, 0.3) is 0 Å². The van der Waals surface area contributed by atoms with Crippen molar-refractivity contribution in [1.82, 2.24) is 4.90 Å². The summed E-state index contributed by atoms with van der Waals surface area (Å²) in [7, 11) is 0. The van der Waals surface area contributed by atoms with Gasteiger partial charge in [0.25, 0.3) is 5.91 Å². The maximum absolute atomic E-state index is 12.7. The third-order valence-electron chi connectivity index (χ3n) is 4.30. The van der Waals surface area contributed by atoms with Crippen LogP contribution in [0.15, 0.2) is 42.5 Å². The molecule has 0 spiro atoms. The van der Waals surface area contributed by atoms with Crippen molar-refractivity contribution in [3.05, 3.63) is 53.6 Å². The fraction of sp³-hybridized carbons (Fsp3) is 0.278. The molecule has 118 valence electrons. The lowest BCUT2D eigenvalue weighted by Crippen LogP contribution is -2.47. The number of aromatic hydroxyl groups is 1. The van der Waals surface area contributed by atoms with Gasteiger partial charge >= 0.3 is 0 Å². The highest BCUT2D eigenvalue weighted by atomic mass is 16.6. The zero-order chi connectivity index (χ0) is 15.8. The molecule has 0 fully saturated rings. The first-order valence-corrected chi connectivity index (χ1v) is 7.69. The molecule has 0 saturated heterocycles. The topological polar surface area (TPSA) is 59.0 Å². The quantitative estimate of drug-likeness (QED) is 0.876. The Balaban J connectivity index is 1.50. The number of carbonyl (C=O) groups excluding carboxylic acids is 1. The molecule has 2 heterocycles. The second-order valence-electron chi connectivity index (χ2n) is 5.83. The van der Waals surface area contributed by atoms with Crippen LogP contribution in [0.1, 0.15) is 11.1 Å². The number of phenolic OH excluding ortho intramolecular Hbond substituents is 1. The third-order valence-corrected chi connectivity index (χ3v) is 4.30. The Labute approximate surface area is 134 Å². The van der Waals surface area contributed by atoms with Crippen molar-refractivity contribution in [2.45, 2.75) is 19.1 Å². The minimum absolute atomic E-state index is 0.0755. The number of amides is 1. The van der Waals surface area contributed by atoms with Gasteiger partial charge in [-0.1, -0.05) is 18.2 Å². The van der Waals surface area contributed by atoms with E-state index in [1.807, 2.05) is 24.3 Å². The van der Waals surface area contributed by atoms with Gasteiger partial charge in [0.2, 0.25) is 6.10 Å². The van der Waals surface area contributed by atoms with E-state index in [9.17, 15) is 9.90 Å². The maximum atomic E-state index is 12.7. The molecular weight excluding hydrogens is 294 g/mol. The van der Waals surface area contributed by atoms with Crippen LogP contribution in [-0.4, -0.2) is 35.2 Å². The lowest BCUT2D eigenvalue weighted by molar-refractivity contribution is -0.142. The van der Waals surface area contributed by atoms with Gasteiger partial charge in [-0.15, -0.1) is 0 Å². The number of phenols is 1. The molecule has 0 aromatic heterocycles. The van der Waals surface area contributed by atoms with Crippen LogP contribution in [0.2, 0.25) is 0 Å². The molecule has 5 heteroatoms. The Bertz CT molecular complexity index is 758. The van der Waals surface area contributed by atoms with Crippen LogP contribution in [0.5, 0.6) is 17.2 Å². The molecule has 5 nitrogen and oxygen atoms in total. The van der Waals surface area contributed by atoms with Gasteiger partial charge in [0.1, 0.15) is 12.4 Å². The van der Waals surface area contributed by atoms with E-state index in [0.29, 0.717) is 24.6 Å². The highest BCUT2D eigenvalue weighted by Crippen LogP contribution is 2.32. The van der Waals surface area contributed by atoms with E-state index in [2.05, 4.69) is 0 Å². The third kappa shape index (κ3) is 2.59. The largest absolute Gasteiger partial charge is 0.508 e. The van der Waals surface area contributed by atoms with E-state index in [1.165, 1.54) is 5.56 Å². The minimum Gasteiger partial charge on any atom is -0.508 e. The van der Waals surface area contributed by atoms with Crippen molar-refractivity contribution in [1.29, 1.82) is 0 Å². The molecule has 0 aliphatic carbocycles. The Hall–Kier alpha value is -2.69. The van der Waals surface area contributed by atoms with Gasteiger partial charge in [0.15, 0.2) is 11.5 Å². The van der Waals surface area contributed by atoms with Crippen molar-refractivity contribution in [2.75, 3.05) is 13.2 Å². The summed E-state index contributed by atoms with van der Waals surface area (Å²) in [6, 6.07) is 12.7. The van der Waals surface area contributed by atoms with Gasteiger partial charge in [-0.25, -0.2) is 0 Å². The standard InChI is InChI=1S/C18H17NO4/c20-14-6-5-12-7-8-19(10-13(12)9-14)18(21)17-11-22-15-3-1-2-4-16(15)23-17/h1-6,9,17,20H,7-8,10-11H2/t17-/m1/s1. The maximum Gasteiger partial charge on any atom is 0.267 e. The Morgan fingerprint density at radius 3 is 2.83 bits per heavy atom. The van der Waals surface area contributed by atoms with Gasteiger partial charge in [0, 0.05) is 13.1 Å². The number of benzene rings is 2. The summed E-state index contributed by atoms with van der Waals surface area (Å²) in [6.45, 7) is 1.36. The van der Waals surface area contributed by atoms with Crippen molar-refractivity contribution in [2.24, 2.45) is 0 Å². The summed E-state index contributed by atoms with van der Waals surface area (Å²) in [5.41, 5.74) is 2.17. The Kier molecular flexibility index (Phi) is 3.33. The average Bonchev–Trinajstić information content (AvgIpc) is 2.60. The second kappa shape index (κ2) is 5.50. The summed E-state index contributed by atoms with van der Waals surface area (Å²) in [5.74, 6) is 1.43. The molecule has 2 aromatic carbocycles. The highest BCUT2D eigenvalue weighted by molar-refractivity contribution is 5.82. The molecule has 4 rings (SSSR count). The number of rotatable bonds is 1. The van der Waals surface area contributed by atoms with Gasteiger partial charge in [0.05, 0.1) is 0 Å². The zero-order valence-electron chi connectivity index (χ0n) is 12.6. The normalized spacial score (nSPS) is 19.1. The lowest BCUT2D eigenvalue weighted by atomic mass is 9.99. The summed E-state index contributed by atoms with van der Waals surface area (Å²) < 4.78 is 11.4. The molecule has 0 saturated carbocycles. The van der Waals surface area contributed by atoms with Crippen LogP contribution in [-0.2, 0) is 17.8 Å². The van der Waals surface area contributed by atoms with E-state index in [0.717, 1.165) is 12.0 Å². The molecule has 23 heavy (non-hydrogen) atoms. The van der Waals surface area contributed by atoms with Gasteiger partial charge in [-0.3, -0.25) is 4.79 Å². The molecule has 1 amide bonds. The number of hydrogen-bond donors (Lipinski definition) is 1. The Morgan fingerprint density at radius 1 is 1.13 bits per heavy atom. The average molecular weight is 311 g/mol. The van der Waals surface area contributed by atoms with Crippen LogP contribution in [0, 0.1) is 0 Å². The van der Waals surface area contributed by atoms with Crippen LogP contribution in [0.4, 0.5) is 0 Å². The smallest absolute Gasteiger partial charge is 0.267 e. The number of hydrogen-bond acceptors (Lipinski definition) is 4. The summed E-state index contributed by atoms with van der Waals surface area (Å²) in [4.78, 5) is 14.5. The first-order chi connectivity index (χ1) is 11.2. The van der Waals surface area contributed by atoms with E-state index in [-0.39, 0.29) is 18.3 Å². The first-order valence-electron chi connectivity index (χ1n) is 7.69. The minimum atomic E-state index is -0.622. The summed E-state index contributed by atoms with van der Waals surface area (Å²) >= 11 is 0. The van der Waals surface area contributed by atoms with Crippen LogP contribution in [0.3, 0.4) is 0 Å². The number of carbonyl (C=O) groups is 1. The highest BCUT2D eigenvalue weighted by Gasteiger charge is 2.32. The fourth-order valence-electron chi connectivity index (χ4n) is 3.08. The van der Waals surface area contributed by atoms with E-state index < -0.39 is 6.10 Å². The molecule has 2 aliphatic rings. The number of ether oxygens (including phenoxy) is 2.